The summed E-state index contributed by atoms with van der Waals surface area (Å²) in [6.07, 6.45) is 3.84. The third-order valence-electron chi connectivity index (χ3n) is 5.29. The van der Waals surface area contributed by atoms with Crippen LogP contribution in [-0.4, -0.2) is 28.4 Å². The summed E-state index contributed by atoms with van der Waals surface area (Å²) in [4.78, 5) is 24.5. The number of nitrogens with two attached hydrogens (primary N) is 1. The summed E-state index contributed by atoms with van der Waals surface area (Å²) in [5.74, 6) is -0.667. The van der Waals surface area contributed by atoms with Crippen LogP contribution in [0.25, 0.3) is 16.5 Å². The number of amides is 2. The minimum Gasteiger partial charge on any atom is -0.444 e. The zero-order valence-corrected chi connectivity index (χ0v) is 17.6. The van der Waals surface area contributed by atoms with Crippen LogP contribution in [0.3, 0.4) is 0 Å². The van der Waals surface area contributed by atoms with Gasteiger partial charge in [0.25, 0.3) is 5.91 Å². The van der Waals surface area contributed by atoms with Gasteiger partial charge in [0.1, 0.15) is 5.60 Å². The second-order valence-corrected chi connectivity index (χ2v) is 8.59. The van der Waals surface area contributed by atoms with Crippen molar-refractivity contribution < 1.29 is 18.8 Å². The number of nitrogens with one attached hydrogen (secondary N) is 1. The van der Waals surface area contributed by atoms with Gasteiger partial charge in [-0.25, -0.2) is 4.79 Å². The first-order valence-electron chi connectivity index (χ1n) is 9.79. The van der Waals surface area contributed by atoms with E-state index in [0.29, 0.717) is 22.3 Å². The lowest BCUT2D eigenvalue weighted by Crippen LogP contribution is -2.39. The third kappa shape index (κ3) is 4.13. The quantitative estimate of drug-likeness (QED) is 0.791. The van der Waals surface area contributed by atoms with Gasteiger partial charge in [-0.05, 0) is 76.6 Å². The molecule has 2 aromatic rings. The Morgan fingerprint density at radius 1 is 1.28 bits per heavy atom. The van der Waals surface area contributed by atoms with Crippen LogP contribution in [0.1, 0.15) is 67.2 Å². The number of carbonyl (C=O) groups is 2. The highest BCUT2D eigenvalue weighted by Crippen LogP contribution is 2.37. The molecule has 1 aromatic carbocycles. The van der Waals surface area contributed by atoms with Crippen molar-refractivity contribution in [2.45, 2.75) is 65.5 Å². The van der Waals surface area contributed by atoms with Crippen molar-refractivity contribution in [1.82, 2.24) is 10.1 Å². The topological polar surface area (TPSA) is 86.4 Å². The van der Waals surface area contributed by atoms with Crippen molar-refractivity contribution in [3.8, 4) is 0 Å². The Bertz CT molecular complexity index is 1010. The first-order valence-corrected chi connectivity index (χ1v) is 9.79. The highest BCUT2D eigenvalue weighted by molar-refractivity contribution is 6.09. The van der Waals surface area contributed by atoms with Crippen molar-refractivity contribution in [3.05, 3.63) is 40.6 Å². The van der Waals surface area contributed by atoms with E-state index < -0.39 is 17.6 Å². The van der Waals surface area contributed by atoms with E-state index in [9.17, 15) is 14.1 Å². The molecule has 0 bridgehead atoms. The average Bonchev–Trinajstić information content (AvgIpc) is 2.84. The number of benzene rings is 1. The minimum absolute atomic E-state index is 0.0791. The van der Waals surface area contributed by atoms with Crippen LogP contribution in [0.15, 0.2) is 18.2 Å². The van der Waals surface area contributed by atoms with Crippen LogP contribution >= 0.6 is 0 Å². The van der Waals surface area contributed by atoms with Gasteiger partial charge in [0.15, 0.2) is 0 Å². The summed E-state index contributed by atoms with van der Waals surface area (Å²) in [5, 5.41) is 3.61. The summed E-state index contributed by atoms with van der Waals surface area (Å²) < 4.78 is 20.2. The summed E-state index contributed by atoms with van der Waals surface area (Å²) in [5.41, 5.74) is 8.34. The molecule has 0 radical (unpaired) electrons. The number of rotatable bonds is 3. The fourth-order valence-corrected chi connectivity index (χ4v) is 3.86. The largest absolute Gasteiger partial charge is 0.444 e. The van der Waals surface area contributed by atoms with Gasteiger partial charge in [0.2, 0.25) is 0 Å². The Hall–Kier alpha value is -2.83. The number of nitrogens with zero attached hydrogens (tertiary/aromatic N) is 1. The van der Waals surface area contributed by atoms with Gasteiger partial charge >= 0.3 is 6.09 Å². The van der Waals surface area contributed by atoms with E-state index in [1.165, 1.54) is 0 Å². The smallest absolute Gasteiger partial charge is 0.407 e. The van der Waals surface area contributed by atoms with Crippen LogP contribution in [0.5, 0.6) is 0 Å². The van der Waals surface area contributed by atoms with Gasteiger partial charge in [0, 0.05) is 11.4 Å². The molecule has 3 N–H and O–H groups in total. The number of hydrogen-bond donors (Lipinski definition) is 2. The first kappa shape index (κ1) is 20.9. The maximum Gasteiger partial charge on any atom is 0.407 e. The Morgan fingerprint density at radius 2 is 1.97 bits per heavy atom. The zero-order valence-electron chi connectivity index (χ0n) is 17.6. The molecule has 0 saturated carbocycles. The fourth-order valence-electron chi connectivity index (χ4n) is 3.86. The Labute approximate surface area is 169 Å². The van der Waals surface area contributed by atoms with E-state index in [1.807, 2.05) is 33.8 Å². The number of fused-ring (bicyclic) bond motifs is 1. The molecule has 0 unspecified atom stereocenters. The molecule has 0 spiro atoms. The van der Waals surface area contributed by atoms with Gasteiger partial charge in [-0.3, -0.25) is 4.79 Å². The van der Waals surface area contributed by atoms with E-state index in [1.54, 1.807) is 13.0 Å². The maximum atomic E-state index is 14.8. The van der Waals surface area contributed by atoms with E-state index in [-0.39, 0.29) is 17.1 Å². The summed E-state index contributed by atoms with van der Waals surface area (Å²) in [7, 11) is 0. The van der Waals surface area contributed by atoms with Crippen LogP contribution in [0, 0.1) is 13.8 Å². The molecular weight excluding hydrogens is 373 g/mol. The van der Waals surface area contributed by atoms with Crippen molar-refractivity contribution in [1.29, 1.82) is 0 Å². The number of hydrogen-bond acceptors (Lipinski definition) is 3. The Balaban J connectivity index is 1.96. The Morgan fingerprint density at radius 3 is 2.59 bits per heavy atom. The molecule has 1 aliphatic rings. The highest BCUT2D eigenvalue weighted by atomic mass is 19.2. The van der Waals surface area contributed by atoms with Crippen molar-refractivity contribution in [2.75, 3.05) is 0 Å². The summed E-state index contributed by atoms with van der Waals surface area (Å²) >= 11 is 0. The predicted octanol–water partition coefficient (Wildman–Crippen LogP) is 4.55. The average molecular weight is 401 g/mol. The number of primary amides is 1. The molecular formula is C22H28FN3O3. The number of ether oxygens (including phenoxy) is 1. The normalized spacial score (nSPS) is 17.2. The molecule has 0 saturated heterocycles. The van der Waals surface area contributed by atoms with Crippen molar-refractivity contribution >= 4 is 28.5 Å². The summed E-state index contributed by atoms with van der Waals surface area (Å²) in [6.45, 7) is 8.97. The molecule has 1 heterocycles. The standard InChI is InChI=1S/C22H28FN3O3/c1-12-13(2)26(23)19-17(20(24)27)10-9-16(18(12)19)14-7-6-8-15(11-14)25-21(28)29-22(3,4)5/h7,9-10,15H,6,8,11H2,1-5H3,(H2,24,27)(H,25,28)/t15-/m0/s1. The molecule has 0 fully saturated rings. The molecule has 6 nitrogen and oxygen atoms in total. The number of alkyl carbamates (subject to hydrolysis) is 1. The number of allylic oxidation sites excluding steroid dienone is 1. The second-order valence-electron chi connectivity index (χ2n) is 8.59. The Kier molecular flexibility index (Phi) is 5.43. The van der Waals surface area contributed by atoms with Crippen LogP contribution in [0.4, 0.5) is 9.28 Å². The molecule has 7 heteroatoms. The third-order valence-corrected chi connectivity index (χ3v) is 5.29. The van der Waals surface area contributed by atoms with E-state index in [4.69, 9.17) is 10.5 Å². The van der Waals surface area contributed by atoms with Gasteiger partial charge < -0.3 is 15.8 Å². The maximum absolute atomic E-state index is 14.8. The van der Waals surface area contributed by atoms with E-state index in [0.717, 1.165) is 29.5 Å². The number of halogens is 1. The number of aromatic nitrogens is 1. The molecule has 2 amide bonds. The molecule has 29 heavy (non-hydrogen) atoms. The molecule has 156 valence electrons. The highest BCUT2D eigenvalue weighted by Gasteiger charge is 2.26. The molecule has 1 aliphatic carbocycles. The first-order chi connectivity index (χ1) is 13.5. The lowest BCUT2D eigenvalue weighted by Gasteiger charge is -2.27. The van der Waals surface area contributed by atoms with Crippen molar-refractivity contribution in [2.24, 2.45) is 5.73 Å². The van der Waals surface area contributed by atoms with Gasteiger partial charge in [-0.2, -0.15) is 4.79 Å². The van der Waals surface area contributed by atoms with Gasteiger partial charge in [-0.15, -0.1) is 0 Å². The van der Waals surface area contributed by atoms with Crippen molar-refractivity contribution in [3.63, 3.8) is 0 Å². The monoisotopic (exact) mass is 401 g/mol. The van der Waals surface area contributed by atoms with Crippen LogP contribution in [0.2, 0.25) is 0 Å². The molecule has 3 rings (SSSR count). The van der Waals surface area contributed by atoms with Crippen LogP contribution < -0.4 is 11.1 Å². The lowest BCUT2D eigenvalue weighted by atomic mass is 9.87. The molecule has 1 aromatic heterocycles. The SMILES string of the molecule is Cc1c(C)n(F)c2c(C(N)=O)ccc(C3=CCC[C@H](NC(=O)OC(C)(C)C)C3)c12. The van der Waals surface area contributed by atoms with E-state index >= 15 is 0 Å². The van der Waals surface area contributed by atoms with Gasteiger partial charge in [-0.1, -0.05) is 16.6 Å². The zero-order chi connectivity index (χ0) is 21.5. The van der Waals surface area contributed by atoms with Gasteiger partial charge in [0.05, 0.1) is 16.8 Å². The molecule has 0 aliphatic heterocycles. The fraction of sp³-hybridized carbons (Fsp3) is 0.455. The number of aryl methyl sites for hydroxylation is 1. The minimum atomic E-state index is -0.667. The second kappa shape index (κ2) is 7.54. The molecule has 1 atom stereocenters. The predicted molar refractivity (Wildman–Crippen MR) is 111 cm³/mol. The van der Waals surface area contributed by atoms with E-state index in [2.05, 4.69) is 11.4 Å². The number of carbonyl (C=O) groups excluding carboxylic acids is 2. The van der Waals surface area contributed by atoms with Crippen LogP contribution in [-0.2, 0) is 4.74 Å². The summed E-state index contributed by atoms with van der Waals surface area (Å²) in [6, 6.07) is 3.31. The lowest BCUT2D eigenvalue weighted by molar-refractivity contribution is 0.0502.